The SMILES string of the molecule is O=C(Nc1ccccc1F)c1[nH]nc(-c2ccccc2)c1Br. The van der Waals surface area contributed by atoms with Crippen LogP contribution in [0.25, 0.3) is 11.3 Å². The van der Waals surface area contributed by atoms with Crippen molar-refractivity contribution in [1.82, 2.24) is 10.2 Å². The molecule has 1 heterocycles. The summed E-state index contributed by atoms with van der Waals surface area (Å²) in [6.45, 7) is 0. The highest BCUT2D eigenvalue weighted by molar-refractivity contribution is 9.10. The molecule has 0 saturated heterocycles. The number of H-pyrrole nitrogens is 1. The van der Waals surface area contributed by atoms with E-state index in [2.05, 4.69) is 31.4 Å². The number of anilines is 1. The van der Waals surface area contributed by atoms with Gasteiger partial charge in [-0.3, -0.25) is 9.89 Å². The van der Waals surface area contributed by atoms with Gasteiger partial charge in [0, 0.05) is 5.56 Å². The maximum atomic E-state index is 13.6. The summed E-state index contributed by atoms with van der Waals surface area (Å²) in [5.41, 5.74) is 1.85. The second-order valence-corrected chi connectivity index (χ2v) is 5.35. The molecular formula is C16H11BrFN3O. The van der Waals surface area contributed by atoms with Gasteiger partial charge in [-0.1, -0.05) is 42.5 Å². The molecule has 0 saturated carbocycles. The van der Waals surface area contributed by atoms with E-state index in [1.807, 2.05) is 30.3 Å². The summed E-state index contributed by atoms with van der Waals surface area (Å²) < 4.78 is 14.1. The highest BCUT2D eigenvalue weighted by Gasteiger charge is 2.19. The number of halogens is 2. The molecule has 0 spiro atoms. The van der Waals surface area contributed by atoms with E-state index in [1.165, 1.54) is 12.1 Å². The Kier molecular flexibility index (Phi) is 4.02. The molecule has 0 unspecified atom stereocenters. The van der Waals surface area contributed by atoms with E-state index < -0.39 is 11.7 Å². The zero-order valence-corrected chi connectivity index (χ0v) is 12.9. The zero-order chi connectivity index (χ0) is 15.5. The first kappa shape index (κ1) is 14.5. The summed E-state index contributed by atoms with van der Waals surface area (Å²) in [7, 11) is 0. The Labute approximate surface area is 134 Å². The maximum Gasteiger partial charge on any atom is 0.274 e. The van der Waals surface area contributed by atoms with Gasteiger partial charge in [-0.25, -0.2) is 4.39 Å². The fraction of sp³-hybridized carbons (Fsp3) is 0. The second-order valence-electron chi connectivity index (χ2n) is 4.56. The molecule has 0 aliphatic carbocycles. The van der Waals surface area contributed by atoms with E-state index in [1.54, 1.807) is 12.1 Å². The quantitative estimate of drug-likeness (QED) is 0.734. The van der Waals surface area contributed by atoms with E-state index in [0.717, 1.165) is 5.56 Å². The van der Waals surface area contributed by atoms with E-state index >= 15 is 0 Å². The van der Waals surface area contributed by atoms with Crippen molar-refractivity contribution in [3.8, 4) is 11.3 Å². The minimum Gasteiger partial charge on any atom is -0.318 e. The molecule has 2 aromatic carbocycles. The fourth-order valence-electron chi connectivity index (χ4n) is 2.01. The second kappa shape index (κ2) is 6.11. The number of benzene rings is 2. The summed E-state index contributed by atoms with van der Waals surface area (Å²) in [6.07, 6.45) is 0. The van der Waals surface area contributed by atoms with Crippen molar-refractivity contribution >= 4 is 27.5 Å². The molecule has 0 radical (unpaired) electrons. The third-order valence-corrected chi connectivity index (χ3v) is 3.88. The third-order valence-electron chi connectivity index (χ3n) is 3.10. The van der Waals surface area contributed by atoms with E-state index in [-0.39, 0.29) is 11.4 Å². The molecule has 3 rings (SSSR count). The predicted octanol–water partition coefficient (Wildman–Crippen LogP) is 4.23. The fourth-order valence-corrected chi connectivity index (χ4v) is 2.60. The molecule has 1 aromatic heterocycles. The van der Waals surface area contributed by atoms with Gasteiger partial charge in [0.2, 0.25) is 0 Å². The van der Waals surface area contributed by atoms with Crippen molar-refractivity contribution in [3.63, 3.8) is 0 Å². The van der Waals surface area contributed by atoms with Crippen LogP contribution in [0.2, 0.25) is 0 Å². The van der Waals surface area contributed by atoms with Gasteiger partial charge >= 0.3 is 0 Å². The van der Waals surface area contributed by atoms with Crippen molar-refractivity contribution in [2.75, 3.05) is 5.32 Å². The standard InChI is InChI=1S/C16H11BrFN3O/c17-13-14(10-6-2-1-3-7-10)20-21-15(13)16(22)19-12-9-5-4-8-11(12)18/h1-9H,(H,19,22)(H,20,21). The number of carbonyl (C=O) groups excluding carboxylic acids is 1. The van der Waals surface area contributed by atoms with Crippen molar-refractivity contribution in [2.45, 2.75) is 0 Å². The Hall–Kier alpha value is -2.47. The molecule has 1 amide bonds. The normalized spacial score (nSPS) is 10.5. The first-order valence-electron chi connectivity index (χ1n) is 6.52. The lowest BCUT2D eigenvalue weighted by atomic mass is 10.1. The summed E-state index contributed by atoms with van der Waals surface area (Å²) in [4.78, 5) is 12.3. The van der Waals surface area contributed by atoms with Crippen LogP contribution in [0.1, 0.15) is 10.5 Å². The molecule has 3 aromatic rings. The first-order valence-corrected chi connectivity index (χ1v) is 7.31. The number of nitrogens with zero attached hydrogens (tertiary/aromatic N) is 1. The lowest BCUT2D eigenvalue weighted by Gasteiger charge is -2.05. The molecule has 6 heteroatoms. The molecule has 0 atom stereocenters. The Morgan fingerprint density at radius 3 is 2.50 bits per heavy atom. The molecule has 0 fully saturated rings. The van der Waals surface area contributed by atoms with Crippen LogP contribution in [0.3, 0.4) is 0 Å². The van der Waals surface area contributed by atoms with E-state index in [4.69, 9.17) is 0 Å². The van der Waals surface area contributed by atoms with Crippen molar-refractivity contribution in [1.29, 1.82) is 0 Å². The lowest BCUT2D eigenvalue weighted by molar-refractivity contribution is 0.102. The van der Waals surface area contributed by atoms with Crippen LogP contribution in [0, 0.1) is 5.82 Å². The Morgan fingerprint density at radius 1 is 1.09 bits per heavy atom. The molecule has 4 nitrogen and oxygen atoms in total. The number of aromatic nitrogens is 2. The molecule has 0 aliphatic heterocycles. The van der Waals surface area contributed by atoms with Crippen molar-refractivity contribution < 1.29 is 9.18 Å². The number of hydrogen-bond acceptors (Lipinski definition) is 2. The molecule has 2 N–H and O–H groups in total. The van der Waals surface area contributed by atoms with Gasteiger partial charge in [0.05, 0.1) is 10.2 Å². The van der Waals surface area contributed by atoms with Crippen LogP contribution >= 0.6 is 15.9 Å². The van der Waals surface area contributed by atoms with Crippen LogP contribution in [-0.2, 0) is 0 Å². The number of amides is 1. The molecule has 0 aliphatic rings. The summed E-state index contributed by atoms with van der Waals surface area (Å²) in [6, 6.07) is 15.4. The minimum atomic E-state index is -0.491. The summed E-state index contributed by atoms with van der Waals surface area (Å²) in [5.74, 6) is -0.957. The largest absolute Gasteiger partial charge is 0.318 e. The van der Waals surface area contributed by atoms with Gasteiger partial charge in [0.15, 0.2) is 0 Å². The number of carbonyl (C=O) groups is 1. The van der Waals surface area contributed by atoms with Crippen LogP contribution < -0.4 is 5.32 Å². The average Bonchev–Trinajstić information content (AvgIpc) is 2.92. The smallest absolute Gasteiger partial charge is 0.274 e. The molecule has 110 valence electrons. The van der Waals surface area contributed by atoms with Gasteiger partial charge in [0.1, 0.15) is 17.2 Å². The number of aromatic amines is 1. The van der Waals surface area contributed by atoms with Crippen LogP contribution in [0.5, 0.6) is 0 Å². The van der Waals surface area contributed by atoms with Gasteiger partial charge in [-0.05, 0) is 28.1 Å². The van der Waals surface area contributed by atoms with E-state index in [0.29, 0.717) is 10.2 Å². The van der Waals surface area contributed by atoms with Gasteiger partial charge in [-0.15, -0.1) is 0 Å². The van der Waals surface area contributed by atoms with Crippen molar-refractivity contribution in [3.05, 3.63) is 70.6 Å². The van der Waals surface area contributed by atoms with Crippen molar-refractivity contribution in [2.24, 2.45) is 0 Å². The Bertz CT molecular complexity index is 817. The zero-order valence-electron chi connectivity index (χ0n) is 11.3. The summed E-state index contributed by atoms with van der Waals surface area (Å²) >= 11 is 3.37. The van der Waals surface area contributed by atoms with Gasteiger partial charge < -0.3 is 5.32 Å². The van der Waals surface area contributed by atoms with Crippen LogP contribution in [0.15, 0.2) is 59.1 Å². The number of para-hydroxylation sites is 1. The maximum absolute atomic E-state index is 13.6. The van der Waals surface area contributed by atoms with E-state index in [9.17, 15) is 9.18 Å². The summed E-state index contributed by atoms with van der Waals surface area (Å²) in [5, 5.41) is 9.34. The number of nitrogens with one attached hydrogen (secondary N) is 2. The topological polar surface area (TPSA) is 57.8 Å². The monoisotopic (exact) mass is 359 g/mol. The third kappa shape index (κ3) is 2.78. The molecular weight excluding hydrogens is 349 g/mol. The Balaban J connectivity index is 1.89. The average molecular weight is 360 g/mol. The first-order chi connectivity index (χ1) is 10.7. The van der Waals surface area contributed by atoms with Crippen LogP contribution in [0.4, 0.5) is 10.1 Å². The minimum absolute atomic E-state index is 0.121. The number of hydrogen-bond donors (Lipinski definition) is 2. The molecule has 22 heavy (non-hydrogen) atoms. The Morgan fingerprint density at radius 2 is 1.77 bits per heavy atom. The predicted molar refractivity (Wildman–Crippen MR) is 86.1 cm³/mol. The molecule has 0 bridgehead atoms. The van der Waals surface area contributed by atoms with Gasteiger partial charge in [0.25, 0.3) is 5.91 Å². The number of rotatable bonds is 3. The van der Waals surface area contributed by atoms with Gasteiger partial charge in [-0.2, -0.15) is 5.10 Å². The highest BCUT2D eigenvalue weighted by atomic mass is 79.9. The van der Waals surface area contributed by atoms with Crippen LogP contribution in [-0.4, -0.2) is 16.1 Å². The highest BCUT2D eigenvalue weighted by Crippen LogP contribution is 2.29. The lowest BCUT2D eigenvalue weighted by Crippen LogP contribution is -2.14.